The van der Waals surface area contributed by atoms with Gasteiger partial charge in [-0.05, 0) is 76.8 Å². The Bertz CT molecular complexity index is 3080. The molecule has 0 saturated heterocycles. The number of ether oxygens (including phenoxy) is 4. The van der Waals surface area contributed by atoms with Crippen LogP contribution in [0.3, 0.4) is 0 Å². The smallest absolute Gasteiger partial charge is 0.412 e. The second-order valence-corrected chi connectivity index (χ2v) is 17.0. The first kappa shape index (κ1) is 69.1. The Kier molecular flexibility index (Phi) is 29.8. The summed E-state index contributed by atoms with van der Waals surface area (Å²) in [6, 6.07) is 6.48. The summed E-state index contributed by atoms with van der Waals surface area (Å²) in [7, 11) is 3.58. The zero-order chi connectivity index (χ0) is 60.3. The van der Waals surface area contributed by atoms with E-state index in [-0.39, 0.29) is 54.9 Å². The summed E-state index contributed by atoms with van der Waals surface area (Å²) in [5.74, 6) is -6.47. The molecule has 0 aliphatic heterocycles. The Morgan fingerprint density at radius 3 is 1.39 bits per heavy atom. The van der Waals surface area contributed by atoms with Crippen LogP contribution < -0.4 is 11.1 Å². The molecule has 426 valence electrons. The number of nitrogens with zero attached hydrogens (tertiary/aromatic N) is 6. The van der Waals surface area contributed by atoms with Gasteiger partial charge in [-0.15, -0.1) is 0 Å². The molecule has 0 bridgehead atoms. The van der Waals surface area contributed by atoms with Crippen LogP contribution in [0.1, 0.15) is 118 Å². The fraction of sp³-hybridized carbons (Fsp3) is 0.288. The van der Waals surface area contributed by atoms with Gasteiger partial charge in [-0.25, -0.2) is 60.3 Å². The van der Waals surface area contributed by atoms with Crippen molar-refractivity contribution < 1.29 is 74.4 Å². The number of halogens is 9. The molecule has 6 aromatic rings. The van der Waals surface area contributed by atoms with E-state index < -0.39 is 64.7 Å². The minimum atomic E-state index is -1.16. The summed E-state index contributed by atoms with van der Waals surface area (Å²) >= 11 is 16.5. The maximum absolute atomic E-state index is 13.4. The number of anilines is 2. The zero-order valence-electron chi connectivity index (χ0n) is 44.2. The molecular weight excluding hydrogens is 1120 g/mol. The van der Waals surface area contributed by atoms with Crippen LogP contribution in [0.2, 0.25) is 15.5 Å². The van der Waals surface area contributed by atoms with Crippen molar-refractivity contribution in [3.63, 3.8) is 0 Å². The van der Waals surface area contributed by atoms with Crippen molar-refractivity contribution in [2.75, 3.05) is 32.4 Å². The molecule has 0 radical (unpaired) electrons. The number of carbonyl (C=O) groups is 5. The summed E-state index contributed by atoms with van der Waals surface area (Å²) in [5, 5.41) is 10.2. The monoisotopic (exact) mass is 1170 g/mol. The van der Waals surface area contributed by atoms with E-state index in [0.717, 1.165) is 37.6 Å². The molecule has 0 aromatic carbocycles. The lowest BCUT2D eigenvalue weighted by Gasteiger charge is -2.19. The van der Waals surface area contributed by atoms with Crippen molar-refractivity contribution in [1.29, 1.82) is 0 Å². The normalized spacial score (nSPS) is 10.1. The number of aromatic carboxylic acids is 1. The predicted molar refractivity (Wildman–Crippen MR) is 283 cm³/mol. The molecule has 0 aliphatic carbocycles. The number of amides is 1. The molecule has 0 unspecified atom stereocenters. The average molecular weight is 1170 g/mol. The first-order valence-corrected chi connectivity index (χ1v) is 24.0. The van der Waals surface area contributed by atoms with Crippen molar-refractivity contribution in [2.24, 2.45) is 0 Å². The third-order valence-electron chi connectivity index (χ3n) is 9.19. The first-order valence-electron chi connectivity index (χ1n) is 22.9. The van der Waals surface area contributed by atoms with Crippen molar-refractivity contribution in [3.05, 3.63) is 169 Å². The van der Waals surface area contributed by atoms with Crippen LogP contribution in [0.5, 0.6) is 0 Å². The summed E-state index contributed by atoms with van der Waals surface area (Å²) in [5.41, 5.74) is 6.61. The lowest BCUT2D eigenvalue weighted by atomic mass is 10.2. The minimum Gasteiger partial charge on any atom is -0.478 e. The predicted octanol–water partition coefficient (Wildman–Crippen LogP) is 12.2. The highest BCUT2D eigenvalue weighted by Crippen LogP contribution is 2.22. The van der Waals surface area contributed by atoms with Crippen LogP contribution in [0.25, 0.3) is 6.08 Å². The highest BCUT2D eigenvalue weighted by atomic mass is 35.5. The summed E-state index contributed by atoms with van der Waals surface area (Å²) in [6.07, 6.45) is 8.01. The lowest BCUT2D eigenvalue weighted by molar-refractivity contribution is 0.0591. The maximum Gasteiger partial charge on any atom is 0.412 e. The van der Waals surface area contributed by atoms with E-state index in [4.69, 9.17) is 50.4 Å². The number of carboxylic acid groups (broad SMARTS) is 1. The van der Waals surface area contributed by atoms with Gasteiger partial charge in [0, 0.05) is 24.5 Å². The highest BCUT2D eigenvalue weighted by Gasteiger charge is 2.19. The minimum absolute atomic E-state index is 0.00246. The van der Waals surface area contributed by atoms with E-state index >= 15 is 0 Å². The Balaban J connectivity index is 0.000000477. The van der Waals surface area contributed by atoms with Crippen LogP contribution in [0, 0.1) is 34.9 Å². The number of hydrogen-bond acceptors (Lipinski definition) is 16. The number of methoxy groups -OCH3 is 3. The zero-order valence-corrected chi connectivity index (χ0v) is 46.4. The molecule has 0 aliphatic rings. The molecule has 79 heavy (non-hydrogen) atoms. The number of hydrogen-bond donors (Lipinski definition) is 3. The van der Waals surface area contributed by atoms with Gasteiger partial charge in [0.2, 0.25) is 0 Å². The molecule has 6 aromatic heterocycles. The van der Waals surface area contributed by atoms with Gasteiger partial charge in [-0.2, -0.15) is 0 Å². The molecule has 4 N–H and O–H groups in total. The van der Waals surface area contributed by atoms with Crippen molar-refractivity contribution in [2.45, 2.75) is 79.8 Å². The van der Waals surface area contributed by atoms with Crippen LogP contribution >= 0.6 is 34.8 Å². The SMILES string of the molecule is C=Cc1nc(Cl)c(C(=O)OC)cc1F.CCc1ncc(C(=O)O)cc1F.CCc1ncc(C(=O)OC)cc1F.CCc1ncc(N)cc1F.CCc1ncc(NC(=O)OC(C)(C)C)cc1F.COC(=O)c1cc(F)c(Cl)nc1Cl. The molecule has 0 atom stereocenters. The van der Waals surface area contributed by atoms with E-state index in [1.165, 1.54) is 51.0 Å². The lowest BCUT2D eigenvalue weighted by Crippen LogP contribution is -2.27. The maximum atomic E-state index is 13.4. The van der Waals surface area contributed by atoms with Crippen LogP contribution in [-0.4, -0.2) is 91.9 Å². The van der Waals surface area contributed by atoms with Gasteiger partial charge in [0.25, 0.3) is 0 Å². The number of carbonyl (C=O) groups excluding carboxylic acids is 4. The van der Waals surface area contributed by atoms with Gasteiger partial charge in [0.1, 0.15) is 45.0 Å². The van der Waals surface area contributed by atoms with E-state index in [0.29, 0.717) is 54.1 Å². The summed E-state index contributed by atoms with van der Waals surface area (Å²) in [4.78, 5) is 76.9. The summed E-state index contributed by atoms with van der Waals surface area (Å²) < 4.78 is 96.2. The van der Waals surface area contributed by atoms with Gasteiger partial charge >= 0.3 is 30.0 Å². The molecule has 6 rings (SSSR count). The van der Waals surface area contributed by atoms with Gasteiger partial charge in [-0.3, -0.25) is 25.3 Å². The standard InChI is InChI=1S/C12H17FN2O2.C9H7ClFNO2.C9H10FNO2.C8H8FNO2.C7H4Cl2FNO2.C7H9FN2/c1-5-10-9(13)6-8(7-14-10)15-11(16)17-12(2,3)4;1-3-7-6(11)4-5(8(10)12-7)9(13)14-2;1-3-8-7(10)4-6(5-11-8)9(12)13-2;1-2-7-6(9)3-5(4-10-7)8(11)12;1-13-7(12)3-2-4(10)6(9)11-5(3)8;1-2-7-6(8)3-5(9)4-10-7/h6-7H,5H2,1-4H3,(H,15,16);3-4H,1H2,2H3;4-5H,3H2,1-2H3;3-4H,2H2,1H3,(H,11,12);2H,1H3;3-4H,2,9H2,1H3. The Morgan fingerprint density at radius 1 is 0.582 bits per heavy atom. The van der Waals surface area contributed by atoms with E-state index in [1.807, 2.05) is 13.8 Å². The number of aryl methyl sites for hydroxylation is 4. The van der Waals surface area contributed by atoms with E-state index in [1.54, 1.807) is 34.6 Å². The number of nitrogen functional groups attached to an aromatic ring is 1. The Hall–Kier alpha value is -7.96. The number of nitrogens with two attached hydrogens (primary N) is 1. The topological polar surface area (TPSA) is 258 Å². The third-order valence-corrected chi connectivity index (χ3v) is 10.0. The van der Waals surface area contributed by atoms with Crippen molar-refractivity contribution >= 4 is 82.2 Å². The largest absolute Gasteiger partial charge is 0.478 e. The number of esters is 3. The van der Waals surface area contributed by atoms with Gasteiger partial charge in [-0.1, -0.05) is 69.1 Å². The van der Waals surface area contributed by atoms with Crippen molar-refractivity contribution in [3.8, 4) is 0 Å². The molecule has 0 saturated carbocycles. The second-order valence-electron chi connectivity index (χ2n) is 16.0. The number of rotatable bonds is 10. The number of pyridine rings is 6. The molecular formula is C52H55Cl3F6N8O10. The molecule has 27 heteroatoms. The number of nitrogens with one attached hydrogen (secondary N) is 1. The van der Waals surface area contributed by atoms with E-state index in [2.05, 4.69) is 56.0 Å². The van der Waals surface area contributed by atoms with Crippen molar-refractivity contribution in [1.82, 2.24) is 29.9 Å². The number of aromatic nitrogens is 6. The highest BCUT2D eigenvalue weighted by molar-refractivity contribution is 6.34. The Labute approximate surface area is 465 Å². The Morgan fingerprint density at radius 2 is 0.987 bits per heavy atom. The first-order chi connectivity index (χ1) is 37.0. The van der Waals surface area contributed by atoms with Crippen LogP contribution in [-0.2, 0) is 44.6 Å². The van der Waals surface area contributed by atoms with Crippen LogP contribution in [0.15, 0.2) is 67.8 Å². The quantitative estimate of drug-likeness (QED) is 0.0498. The van der Waals surface area contributed by atoms with Gasteiger partial charge in [0.05, 0.1) is 95.8 Å². The number of carboxylic acids is 1. The molecule has 0 fully saturated rings. The fourth-order valence-corrected chi connectivity index (χ4v) is 5.95. The molecule has 1 amide bonds. The van der Waals surface area contributed by atoms with Gasteiger partial charge in [0.15, 0.2) is 11.0 Å². The molecule has 0 spiro atoms. The molecule has 6 heterocycles. The molecule has 18 nitrogen and oxygen atoms in total. The third kappa shape index (κ3) is 23.7. The fourth-order valence-electron chi connectivity index (χ4n) is 5.33. The van der Waals surface area contributed by atoms with Gasteiger partial charge < -0.3 is 29.8 Å². The van der Waals surface area contributed by atoms with Crippen LogP contribution in [0.4, 0.5) is 42.5 Å². The average Bonchev–Trinajstić information content (AvgIpc) is 3.40. The van der Waals surface area contributed by atoms with E-state index in [9.17, 15) is 50.3 Å². The second kappa shape index (κ2) is 34.0. The summed E-state index contributed by atoms with van der Waals surface area (Å²) in [6.45, 7) is 15.8.